The van der Waals surface area contributed by atoms with E-state index in [1.165, 1.54) is 51.6 Å². The van der Waals surface area contributed by atoms with E-state index in [0.717, 1.165) is 18.5 Å². The van der Waals surface area contributed by atoms with Crippen molar-refractivity contribution in [3.05, 3.63) is 0 Å². The van der Waals surface area contributed by atoms with Crippen molar-refractivity contribution in [2.24, 2.45) is 11.3 Å². The first-order valence-electron chi connectivity index (χ1n) is 8.56. The van der Waals surface area contributed by atoms with Crippen LogP contribution < -0.4 is 5.32 Å². The molecule has 2 aliphatic rings. The maximum Gasteiger partial charge on any atom is 0.0274 e. The Morgan fingerprint density at radius 2 is 1.84 bits per heavy atom. The first-order valence-corrected chi connectivity index (χ1v) is 8.56. The van der Waals surface area contributed by atoms with E-state index in [-0.39, 0.29) is 0 Å². The molecule has 1 N–H and O–H groups in total. The minimum atomic E-state index is 0.450. The third-order valence-electron chi connectivity index (χ3n) is 5.56. The first-order chi connectivity index (χ1) is 9.08. The van der Waals surface area contributed by atoms with Crippen molar-refractivity contribution in [3.63, 3.8) is 0 Å². The van der Waals surface area contributed by atoms with Gasteiger partial charge >= 0.3 is 0 Å². The zero-order chi connectivity index (χ0) is 13.9. The summed E-state index contributed by atoms with van der Waals surface area (Å²) in [6.45, 7) is 13.2. The van der Waals surface area contributed by atoms with Crippen LogP contribution in [0.5, 0.6) is 0 Å². The fourth-order valence-corrected chi connectivity index (χ4v) is 4.14. The number of rotatable bonds is 6. The molecule has 2 aliphatic carbocycles. The molecule has 2 rings (SSSR count). The Hall–Kier alpha value is -0.0800. The van der Waals surface area contributed by atoms with Gasteiger partial charge in [-0.1, -0.05) is 40.5 Å². The van der Waals surface area contributed by atoms with Crippen LogP contribution in [0.25, 0.3) is 0 Å². The molecule has 0 aliphatic heterocycles. The van der Waals surface area contributed by atoms with E-state index in [2.05, 4.69) is 37.9 Å². The molecular formula is C17H34N2. The topological polar surface area (TPSA) is 15.3 Å². The van der Waals surface area contributed by atoms with Gasteiger partial charge in [0, 0.05) is 18.6 Å². The maximum absolute atomic E-state index is 3.81. The Bertz CT molecular complexity index is 270. The van der Waals surface area contributed by atoms with E-state index in [1.54, 1.807) is 0 Å². The number of nitrogens with zero attached hydrogens (tertiary/aromatic N) is 1. The van der Waals surface area contributed by atoms with E-state index in [9.17, 15) is 0 Å². The zero-order valence-corrected chi connectivity index (χ0v) is 13.5. The summed E-state index contributed by atoms with van der Waals surface area (Å²) in [5, 5.41) is 3.81. The van der Waals surface area contributed by atoms with Gasteiger partial charge in [0.1, 0.15) is 0 Å². The summed E-state index contributed by atoms with van der Waals surface area (Å²) in [5.41, 5.74) is 0.450. The van der Waals surface area contributed by atoms with Crippen molar-refractivity contribution >= 4 is 0 Å². The monoisotopic (exact) mass is 266 g/mol. The van der Waals surface area contributed by atoms with Crippen LogP contribution in [-0.2, 0) is 0 Å². The fraction of sp³-hybridized carbons (Fsp3) is 1.00. The van der Waals surface area contributed by atoms with E-state index in [0.29, 0.717) is 11.5 Å². The summed E-state index contributed by atoms with van der Waals surface area (Å²) in [4.78, 5) is 2.79. The highest BCUT2D eigenvalue weighted by Gasteiger charge is 2.41. The third-order valence-corrected chi connectivity index (χ3v) is 5.56. The molecule has 2 fully saturated rings. The molecular weight excluding hydrogens is 232 g/mol. The van der Waals surface area contributed by atoms with Crippen LogP contribution in [0.15, 0.2) is 0 Å². The molecule has 2 saturated carbocycles. The minimum absolute atomic E-state index is 0.450. The van der Waals surface area contributed by atoms with Gasteiger partial charge in [0.25, 0.3) is 0 Å². The van der Waals surface area contributed by atoms with Gasteiger partial charge in [0.05, 0.1) is 0 Å². The lowest BCUT2D eigenvalue weighted by atomic mass is 9.70. The lowest BCUT2D eigenvalue weighted by Gasteiger charge is -2.49. The molecule has 2 atom stereocenters. The van der Waals surface area contributed by atoms with Gasteiger partial charge in [0.2, 0.25) is 0 Å². The van der Waals surface area contributed by atoms with Crippen LogP contribution in [-0.4, -0.2) is 36.6 Å². The normalized spacial score (nSPS) is 31.4. The number of hydrogen-bond acceptors (Lipinski definition) is 2. The summed E-state index contributed by atoms with van der Waals surface area (Å²) in [6.07, 6.45) is 8.58. The number of hydrogen-bond donors (Lipinski definition) is 1. The van der Waals surface area contributed by atoms with Crippen molar-refractivity contribution in [1.82, 2.24) is 10.2 Å². The summed E-state index contributed by atoms with van der Waals surface area (Å²) < 4.78 is 0. The van der Waals surface area contributed by atoms with E-state index >= 15 is 0 Å². The second kappa shape index (κ2) is 6.58. The van der Waals surface area contributed by atoms with Gasteiger partial charge in [0.15, 0.2) is 0 Å². The molecule has 2 heteroatoms. The molecule has 0 amide bonds. The third kappa shape index (κ3) is 3.52. The van der Waals surface area contributed by atoms with E-state index in [4.69, 9.17) is 0 Å². The highest BCUT2D eigenvalue weighted by atomic mass is 15.2. The zero-order valence-electron chi connectivity index (χ0n) is 13.5. The summed E-state index contributed by atoms with van der Waals surface area (Å²) in [5.74, 6) is 0.993. The summed E-state index contributed by atoms with van der Waals surface area (Å²) >= 11 is 0. The van der Waals surface area contributed by atoms with Gasteiger partial charge < -0.3 is 5.32 Å². The number of nitrogens with one attached hydrogen (secondary N) is 1. The quantitative estimate of drug-likeness (QED) is 0.789. The Balaban J connectivity index is 2.03. The largest absolute Gasteiger partial charge is 0.312 e. The summed E-state index contributed by atoms with van der Waals surface area (Å²) in [6, 6.07) is 1.43. The second-order valence-corrected chi connectivity index (χ2v) is 7.37. The van der Waals surface area contributed by atoms with Crippen LogP contribution in [0.4, 0.5) is 0 Å². The highest BCUT2D eigenvalue weighted by molar-refractivity contribution is 4.98. The van der Waals surface area contributed by atoms with Crippen molar-refractivity contribution < 1.29 is 0 Å². The molecule has 2 unspecified atom stereocenters. The first kappa shape index (κ1) is 15.3. The fourth-order valence-electron chi connectivity index (χ4n) is 4.14. The minimum Gasteiger partial charge on any atom is -0.312 e. The van der Waals surface area contributed by atoms with Gasteiger partial charge in [-0.3, -0.25) is 4.90 Å². The van der Waals surface area contributed by atoms with E-state index < -0.39 is 0 Å². The molecule has 0 saturated heterocycles. The van der Waals surface area contributed by atoms with Gasteiger partial charge in [-0.2, -0.15) is 0 Å². The van der Waals surface area contributed by atoms with E-state index in [1.807, 2.05) is 0 Å². The predicted octanol–water partition coefficient (Wildman–Crippen LogP) is 3.67. The lowest BCUT2D eigenvalue weighted by molar-refractivity contribution is 0.0346. The van der Waals surface area contributed by atoms with Crippen molar-refractivity contribution in [1.29, 1.82) is 0 Å². The van der Waals surface area contributed by atoms with Crippen molar-refractivity contribution in [3.8, 4) is 0 Å². The van der Waals surface area contributed by atoms with Crippen LogP contribution >= 0.6 is 0 Å². The lowest BCUT2D eigenvalue weighted by Crippen LogP contribution is -2.59. The van der Waals surface area contributed by atoms with Crippen LogP contribution in [0.1, 0.15) is 66.2 Å². The maximum atomic E-state index is 3.81. The molecule has 0 aromatic carbocycles. The van der Waals surface area contributed by atoms with Crippen LogP contribution in [0, 0.1) is 11.3 Å². The Labute approximate surface area is 120 Å². The Morgan fingerprint density at radius 1 is 1.11 bits per heavy atom. The predicted molar refractivity (Wildman–Crippen MR) is 83.5 cm³/mol. The van der Waals surface area contributed by atoms with Crippen molar-refractivity contribution in [2.75, 3.05) is 19.6 Å². The van der Waals surface area contributed by atoms with Crippen LogP contribution in [0.3, 0.4) is 0 Å². The average molecular weight is 266 g/mol. The standard InChI is InChI=1S/C17H34N2/c1-5-18-16-15(11-8-12-17(16,3)4)19(6-2)13-14-9-7-10-14/h14-16,18H,5-13H2,1-4H3. The molecule has 2 nitrogen and oxygen atoms in total. The van der Waals surface area contributed by atoms with Gasteiger partial charge in [-0.05, 0) is 50.1 Å². The smallest absolute Gasteiger partial charge is 0.0274 e. The second-order valence-electron chi connectivity index (χ2n) is 7.37. The molecule has 19 heavy (non-hydrogen) atoms. The Morgan fingerprint density at radius 3 is 2.37 bits per heavy atom. The molecule has 0 radical (unpaired) electrons. The van der Waals surface area contributed by atoms with Crippen molar-refractivity contribution in [2.45, 2.75) is 78.3 Å². The molecule has 112 valence electrons. The Kier molecular flexibility index (Phi) is 5.30. The average Bonchev–Trinajstić information content (AvgIpc) is 2.31. The van der Waals surface area contributed by atoms with Crippen LogP contribution in [0.2, 0.25) is 0 Å². The molecule has 0 aromatic rings. The molecule has 0 aromatic heterocycles. The number of likely N-dealkylation sites (N-methyl/N-ethyl adjacent to an activating group) is 2. The summed E-state index contributed by atoms with van der Waals surface area (Å²) in [7, 11) is 0. The molecule has 0 bridgehead atoms. The highest BCUT2D eigenvalue weighted by Crippen LogP contribution is 2.39. The molecule has 0 heterocycles. The molecule has 0 spiro atoms. The van der Waals surface area contributed by atoms with Gasteiger partial charge in [-0.25, -0.2) is 0 Å². The SMILES string of the molecule is CCNC1C(N(CC)CC2CCC2)CCCC1(C)C. The van der Waals surface area contributed by atoms with Gasteiger partial charge in [-0.15, -0.1) is 0 Å².